The second-order valence-corrected chi connectivity index (χ2v) is 6.10. The van der Waals surface area contributed by atoms with Crippen LogP contribution in [0.15, 0.2) is 48.5 Å². The zero-order chi connectivity index (χ0) is 19.8. The third-order valence-corrected chi connectivity index (χ3v) is 3.73. The molecule has 1 amide bonds. The first kappa shape index (κ1) is 20.3. The van der Waals surface area contributed by atoms with E-state index in [4.69, 9.17) is 14.2 Å². The van der Waals surface area contributed by atoms with Crippen molar-refractivity contribution in [3.05, 3.63) is 54.1 Å². The number of nitrogens with one attached hydrogen (secondary N) is 1. The molecule has 0 radical (unpaired) electrons. The smallest absolute Gasteiger partial charge is 0.347 e. The van der Waals surface area contributed by atoms with Gasteiger partial charge in [-0.2, -0.15) is 0 Å². The van der Waals surface area contributed by atoms with Crippen molar-refractivity contribution in [2.45, 2.75) is 39.9 Å². The zero-order valence-electron chi connectivity index (χ0n) is 16.0. The van der Waals surface area contributed by atoms with Crippen LogP contribution in [-0.2, 0) is 14.3 Å². The lowest BCUT2D eigenvalue weighted by Gasteiger charge is -2.18. The highest BCUT2D eigenvalue weighted by atomic mass is 16.6. The molecule has 2 aromatic rings. The quantitative estimate of drug-likeness (QED) is 0.716. The summed E-state index contributed by atoms with van der Waals surface area (Å²) in [5.74, 6) is 0.268. The van der Waals surface area contributed by atoms with Crippen molar-refractivity contribution in [1.82, 2.24) is 0 Å². The van der Waals surface area contributed by atoms with Gasteiger partial charge in [-0.15, -0.1) is 0 Å². The summed E-state index contributed by atoms with van der Waals surface area (Å²) in [6.07, 6.45) is -1.78. The lowest BCUT2D eigenvalue weighted by molar-refractivity contribution is -0.159. The van der Waals surface area contributed by atoms with Gasteiger partial charge in [0.2, 0.25) is 0 Å². The van der Waals surface area contributed by atoms with Crippen LogP contribution in [0.5, 0.6) is 11.5 Å². The first-order valence-corrected chi connectivity index (χ1v) is 8.86. The van der Waals surface area contributed by atoms with Gasteiger partial charge in [-0.25, -0.2) is 4.79 Å². The molecule has 0 saturated carbocycles. The summed E-state index contributed by atoms with van der Waals surface area (Å²) in [6.45, 7) is 7.50. The number of esters is 1. The van der Waals surface area contributed by atoms with Crippen molar-refractivity contribution in [3.63, 3.8) is 0 Å². The molecule has 0 aliphatic carbocycles. The molecule has 0 heterocycles. The number of aryl methyl sites for hydroxylation is 1. The molecule has 0 saturated heterocycles. The van der Waals surface area contributed by atoms with Crippen LogP contribution in [0.1, 0.15) is 26.3 Å². The first-order valence-electron chi connectivity index (χ1n) is 8.86. The van der Waals surface area contributed by atoms with Crippen LogP contribution in [0, 0.1) is 6.92 Å². The van der Waals surface area contributed by atoms with Gasteiger partial charge >= 0.3 is 5.97 Å². The Labute approximate surface area is 159 Å². The first-order chi connectivity index (χ1) is 12.9. The summed E-state index contributed by atoms with van der Waals surface area (Å²) in [7, 11) is 0. The van der Waals surface area contributed by atoms with Gasteiger partial charge in [0.15, 0.2) is 12.2 Å². The number of benzene rings is 2. The monoisotopic (exact) mass is 371 g/mol. The van der Waals surface area contributed by atoms with Gasteiger partial charge in [0.25, 0.3) is 5.91 Å². The molecule has 2 rings (SSSR count). The lowest BCUT2D eigenvalue weighted by Crippen LogP contribution is -2.35. The summed E-state index contributed by atoms with van der Waals surface area (Å²) < 4.78 is 16.1. The molecule has 0 bridgehead atoms. The van der Waals surface area contributed by atoms with Crippen molar-refractivity contribution < 1.29 is 23.8 Å². The molecule has 2 aromatic carbocycles. The Bertz CT molecular complexity index is 772. The Morgan fingerprint density at radius 2 is 1.70 bits per heavy atom. The van der Waals surface area contributed by atoms with E-state index in [1.54, 1.807) is 37.3 Å². The highest BCUT2D eigenvalue weighted by Gasteiger charge is 2.23. The van der Waals surface area contributed by atoms with Gasteiger partial charge in [0, 0.05) is 5.69 Å². The number of hydrogen-bond donors (Lipinski definition) is 1. The number of hydrogen-bond acceptors (Lipinski definition) is 5. The van der Waals surface area contributed by atoms with Crippen LogP contribution in [-0.4, -0.2) is 30.7 Å². The molecule has 0 aliphatic rings. The number of carbonyl (C=O) groups excluding carboxylic acids is 2. The van der Waals surface area contributed by atoms with Crippen molar-refractivity contribution in [3.8, 4) is 11.5 Å². The van der Waals surface area contributed by atoms with E-state index in [1.807, 2.05) is 32.0 Å². The van der Waals surface area contributed by atoms with E-state index in [0.29, 0.717) is 18.0 Å². The van der Waals surface area contributed by atoms with E-state index in [9.17, 15) is 9.59 Å². The minimum atomic E-state index is -0.951. The third kappa shape index (κ3) is 6.33. The Morgan fingerprint density at radius 1 is 1.00 bits per heavy atom. The predicted octanol–water partition coefficient (Wildman–Crippen LogP) is 3.73. The fourth-order valence-corrected chi connectivity index (χ4v) is 2.31. The van der Waals surface area contributed by atoms with E-state index in [1.165, 1.54) is 6.92 Å². The second-order valence-electron chi connectivity index (χ2n) is 6.10. The molecule has 0 unspecified atom stereocenters. The summed E-state index contributed by atoms with van der Waals surface area (Å²) in [5, 5.41) is 2.70. The molecule has 2 atom stereocenters. The Kier molecular flexibility index (Phi) is 7.23. The normalized spacial score (nSPS) is 12.6. The van der Waals surface area contributed by atoms with Gasteiger partial charge in [0.1, 0.15) is 11.5 Å². The minimum absolute atomic E-state index is 0.421. The van der Waals surface area contributed by atoms with E-state index in [2.05, 4.69) is 5.32 Å². The van der Waals surface area contributed by atoms with E-state index in [-0.39, 0.29) is 0 Å². The average molecular weight is 371 g/mol. The van der Waals surface area contributed by atoms with Gasteiger partial charge in [-0.05, 0) is 69.7 Å². The van der Waals surface area contributed by atoms with Crippen molar-refractivity contribution >= 4 is 17.6 Å². The predicted molar refractivity (Wildman–Crippen MR) is 103 cm³/mol. The molecule has 6 nitrogen and oxygen atoms in total. The largest absolute Gasteiger partial charge is 0.494 e. The average Bonchev–Trinajstić information content (AvgIpc) is 2.63. The SMILES string of the molecule is CCOc1ccc(NC(=O)[C@H](C)OC(=O)[C@@H](C)Oc2cccc(C)c2)cc1. The van der Waals surface area contributed by atoms with Crippen LogP contribution >= 0.6 is 0 Å². The lowest BCUT2D eigenvalue weighted by atomic mass is 10.2. The van der Waals surface area contributed by atoms with E-state index >= 15 is 0 Å². The van der Waals surface area contributed by atoms with Crippen LogP contribution in [0.3, 0.4) is 0 Å². The Balaban J connectivity index is 1.86. The van der Waals surface area contributed by atoms with Crippen LogP contribution < -0.4 is 14.8 Å². The van der Waals surface area contributed by atoms with Crippen LogP contribution in [0.25, 0.3) is 0 Å². The maximum atomic E-state index is 12.2. The molecule has 0 aliphatic heterocycles. The number of ether oxygens (including phenoxy) is 3. The molecule has 0 aromatic heterocycles. The number of rotatable bonds is 8. The molecule has 144 valence electrons. The Hall–Kier alpha value is -3.02. The molecule has 0 spiro atoms. The van der Waals surface area contributed by atoms with Gasteiger partial charge in [-0.1, -0.05) is 12.1 Å². The molecular formula is C21H25NO5. The highest BCUT2D eigenvalue weighted by Crippen LogP contribution is 2.17. The van der Waals surface area contributed by atoms with Crippen molar-refractivity contribution in [2.24, 2.45) is 0 Å². The third-order valence-electron chi connectivity index (χ3n) is 3.73. The van der Waals surface area contributed by atoms with Crippen LogP contribution in [0.2, 0.25) is 0 Å². The van der Waals surface area contributed by atoms with Gasteiger partial charge < -0.3 is 19.5 Å². The second kappa shape index (κ2) is 9.62. The summed E-state index contributed by atoms with van der Waals surface area (Å²) >= 11 is 0. The van der Waals surface area contributed by atoms with Crippen molar-refractivity contribution in [2.75, 3.05) is 11.9 Å². The molecule has 1 N–H and O–H groups in total. The number of amides is 1. The maximum absolute atomic E-state index is 12.2. The maximum Gasteiger partial charge on any atom is 0.347 e. The number of carbonyl (C=O) groups is 2. The van der Waals surface area contributed by atoms with Crippen molar-refractivity contribution in [1.29, 1.82) is 0 Å². The molecule has 0 fully saturated rings. The summed E-state index contributed by atoms with van der Waals surface area (Å²) in [6, 6.07) is 14.3. The minimum Gasteiger partial charge on any atom is -0.494 e. The highest BCUT2D eigenvalue weighted by molar-refractivity contribution is 5.95. The molecule has 6 heteroatoms. The zero-order valence-corrected chi connectivity index (χ0v) is 16.0. The molecular weight excluding hydrogens is 346 g/mol. The fraction of sp³-hybridized carbons (Fsp3) is 0.333. The standard InChI is InChI=1S/C21H25NO5/c1-5-25-18-11-9-17(10-12-18)22-20(23)15(3)27-21(24)16(4)26-19-8-6-7-14(2)13-19/h6-13,15-16H,5H2,1-4H3,(H,22,23)/t15-,16+/m0/s1. The summed E-state index contributed by atoms with van der Waals surface area (Å²) in [4.78, 5) is 24.4. The van der Waals surface area contributed by atoms with Gasteiger partial charge in [-0.3, -0.25) is 4.79 Å². The topological polar surface area (TPSA) is 73.9 Å². The van der Waals surface area contributed by atoms with Crippen LogP contribution in [0.4, 0.5) is 5.69 Å². The fourth-order valence-electron chi connectivity index (χ4n) is 2.31. The van der Waals surface area contributed by atoms with E-state index < -0.39 is 24.1 Å². The Morgan fingerprint density at radius 3 is 2.33 bits per heavy atom. The summed E-state index contributed by atoms with van der Waals surface area (Å²) in [5.41, 5.74) is 1.62. The van der Waals surface area contributed by atoms with Gasteiger partial charge in [0.05, 0.1) is 6.61 Å². The number of anilines is 1. The van der Waals surface area contributed by atoms with E-state index in [0.717, 1.165) is 11.3 Å². The molecule has 27 heavy (non-hydrogen) atoms.